The fraction of sp³-hybridized carbons (Fsp3) is 0.154. The molecule has 1 unspecified atom stereocenters. The Hall–Kier alpha value is -2.63. The van der Waals surface area contributed by atoms with Crippen LogP contribution in [-0.4, -0.2) is 17.1 Å². The highest BCUT2D eigenvalue weighted by Crippen LogP contribution is 2.22. The number of furan rings is 1. The first kappa shape index (κ1) is 11.5. The van der Waals surface area contributed by atoms with Crippen LogP contribution in [-0.2, 0) is 14.2 Å². The third-order valence-corrected chi connectivity index (χ3v) is 2.68. The summed E-state index contributed by atoms with van der Waals surface area (Å²) in [7, 11) is 0. The molecular formula is C13H11NO5. The van der Waals surface area contributed by atoms with Crippen LogP contribution in [0.25, 0.3) is 11.1 Å². The van der Waals surface area contributed by atoms with Gasteiger partial charge < -0.3 is 23.6 Å². The molecule has 2 aromatic heterocycles. The molecule has 98 valence electrons. The molecule has 0 amide bonds. The van der Waals surface area contributed by atoms with E-state index in [1.165, 1.54) is 6.26 Å². The van der Waals surface area contributed by atoms with E-state index >= 15 is 0 Å². The maximum atomic E-state index is 11.9. The molecule has 19 heavy (non-hydrogen) atoms. The number of carbonyl (C=O) groups excluding carboxylic acids is 1. The molecule has 0 fully saturated rings. The van der Waals surface area contributed by atoms with Crippen LogP contribution in [0.15, 0.2) is 47.4 Å². The topological polar surface area (TPSA) is 73.7 Å². The molecule has 0 bridgehead atoms. The van der Waals surface area contributed by atoms with Crippen molar-refractivity contribution in [3.05, 3.63) is 48.6 Å². The number of ether oxygens (including phenoxy) is 3. The van der Waals surface area contributed by atoms with E-state index in [0.717, 1.165) is 5.52 Å². The summed E-state index contributed by atoms with van der Waals surface area (Å²) in [6.07, 6.45) is 2.33. The van der Waals surface area contributed by atoms with Gasteiger partial charge in [0.05, 0.1) is 11.8 Å². The van der Waals surface area contributed by atoms with Gasteiger partial charge in [0.2, 0.25) is 0 Å². The first-order valence-electron chi connectivity index (χ1n) is 5.64. The Morgan fingerprint density at radius 3 is 3.05 bits per heavy atom. The van der Waals surface area contributed by atoms with Gasteiger partial charge in [0.15, 0.2) is 17.4 Å². The quantitative estimate of drug-likeness (QED) is 0.860. The van der Waals surface area contributed by atoms with E-state index in [9.17, 15) is 4.79 Å². The number of carbonyl (C=O) groups is 1. The fourth-order valence-corrected chi connectivity index (χ4v) is 1.72. The highest BCUT2D eigenvalue weighted by molar-refractivity contribution is 5.93. The third kappa shape index (κ3) is 2.08. The van der Waals surface area contributed by atoms with Crippen molar-refractivity contribution >= 4 is 17.1 Å². The van der Waals surface area contributed by atoms with E-state index in [4.69, 9.17) is 18.6 Å². The summed E-state index contributed by atoms with van der Waals surface area (Å²) in [5, 5.41) is 0. The number of rotatable bonds is 3. The predicted molar refractivity (Wildman–Crippen MR) is 64.8 cm³/mol. The Bertz CT molecular complexity index is 650. The first-order chi connectivity index (χ1) is 9.13. The second kappa shape index (κ2) is 4.24. The van der Waals surface area contributed by atoms with E-state index in [1.807, 2.05) is 0 Å². The molecule has 3 rings (SSSR count). The highest BCUT2D eigenvalue weighted by atomic mass is 16.7. The van der Waals surface area contributed by atoms with E-state index in [2.05, 4.69) is 11.6 Å². The Morgan fingerprint density at radius 2 is 2.37 bits per heavy atom. The second-order valence-electron chi connectivity index (χ2n) is 4.04. The zero-order valence-electron chi connectivity index (χ0n) is 10.1. The molecule has 6 nitrogen and oxygen atoms in total. The van der Waals surface area contributed by atoms with Crippen LogP contribution in [0.2, 0.25) is 0 Å². The molecule has 1 N–H and O–H groups in total. The van der Waals surface area contributed by atoms with Crippen LogP contribution in [0.5, 0.6) is 0 Å². The van der Waals surface area contributed by atoms with Crippen molar-refractivity contribution in [1.29, 1.82) is 0 Å². The average molecular weight is 261 g/mol. The number of hydrogen-bond acceptors (Lipinski definition) is 5. The molecule has 0 radical (unpaired) electrons. The number of aromatic amines is 1. The monoisotopic (exact) mass is 261 g/mol. The molecule has 6 heteroatoms. The molecule has 1 aliphatic heterocycles. The molecule has 0 spiro atoms. The SMILES string of the molecule is C=C1OC=C(C(C)OC(=O)c2cc3occc3[nH]2)O1. The number of nitrogens with one attached hydrogen (secondary N) is 1. The normalized spacial score (nSPS) is 15.8. The molecule has 2 aromatic rings. The van der Waals surface area contributed by atoms with Crippen LogP contribution in [0, 0.1) is 0 Å². The van der Waals surface area contributed by atoms with Crippen LogP contribution in [0.1, 0.15) is 17.4 Å². The summed E-state index contributed by atoms with van der Waals surface area (Å²) in [5.41, 5.74) is 1.67. The number of esters is 1. The summed E-state index contributed by atoms with van der Waals surface area (Å²) in [4.78, 5) is 14.8. The lowest BCUT2D eigenvalue weighted by Crippen LogP contribution is -2.17. The number of H-pyrrole nitrogens is 1. The molecule has 1 aliphatic rings. The summed E-state index contributed by atoms with van der Waals surface area (Å²) in [5.74, 6) is 0.0600. The van der Waals surface area contributed by atoms with Crippen molar-refractivity contribution in [3.8, 4) is 0 Å². The Morgan fingerprint density at radius 1 is 1.53 bits per heavy atom. The predicted octanol–water partition coefficient (Wildman–Crippen LogP) is 2.67. The zero-order valence-corrected chi connectivity index (χ0v) is 10.1. The van der Waals surface area contributed by atoms with Crippen LogP contribution < -0.4 is 0 Å². The average Bonchev–Trinajstić information content (AvgIpc) is 3.02. The second-order valence-corrected chi connectivity index (χ2v) is 4.04. The minimum Gasteiger partial charge on any atom is -0.463 e. The van der Waals surface area contributed by atoms with Crippen molar-refractivity contribution in [1.82, 2.24) is 4.98 Å². The largest absolute Gasteiger partial charge is 0.463 e. The van der Waals surface area contributed by atoms with Gasteiger partial charge in [-0.3, -0.25) is 0 Å². The lowest BCUT2D eigenvalue weighted by molar-refractivity contribution is 0.0301. The summed E-state index contributed by atoms with van der Waals surface area (Å²) in [6.45, 7) is 5.17. The minimum absolute atomic E-state index is 0.162. The highest BCUT2D eigenvalue weighted by Gasteiger charge is 2.23. The van der Waals surface area contributed by atoms with Crippen LogP contribution in [0.3, 0.4) is 0 Å². The van der Waals surface area contributed by atoms with Gasteiger partial charge in [0.25, 0.3) is 5.95 Å². The molecule has 3 heterocycles. The van der Waals surface area contributed by atoms with E-state index < -0.39 is 12.1 Å². The lowest BCUT2D eigenvalue weighted by atomic mass is 10.3. The smallest absolute Gasteiger partial charge is 0.355 e. The van der Waals surface area contributed by atoms with Gasteiger partial charge >= 0.3 is 5.97 Å². The van der Waals surface area contributed by atoms with Gasteiger partial charge in [0, 0.05) is 12.1 Å². The van der Waals surface area contributed by atoms with E-state index in [-0.39, 0.29) is 5.95 Å². The van der Waals surface area contributed by atoms with Crippen LogP contribution in [0.4, 0.5) is 0 Å². The molecular weight excluding hydrogens is 250 g/mol. The maximum absolute atomic E-state index is 11.9. The van der Waals surface area contributed by atoms with Gasteiger partial charge in [-0.1, -0.05) is 0 Å². The minimum atomic E-state index is -0.568. The van der Waals surface area contributed by atoms with Gasteiger partial charge in [-0.2, -0.15) is 0 Å². The molecule has 0 saturated carbocycles. The number of fused-ring (bicyclic) bond motifs is 1. The van der Waals surface area contributed by atoms with Crippen molar-refractivity contribution in [2.24, 2.45) is 0 Å². The summed E-state index contributed by atoms with van der Waals surface area (Å²) < 4.78 is 20.5. The Labute approximate surface area is 108 Å². The lowest BCUT2D eigenvalue weighted by Gasteiger charge is -2.11. The Kier molecular flexibility index (Phi) is 2.56. The maximum Gasteiger partial charge on any atom is 0.355 e. The Balaban J connectivity index is 1.71. The van der Waals surface area contributed by atoms with Crippen molar-refractivity contribution < 1.29 is 23.4 Å². The van der Waals surface area contributed by atoms with Gasteiger partial charge in [-0.25, -0.2) is 4.79 Å². The molecule has 1 atom stereocenters. The van der Waals surface area contributed by atoms with Gasteiger partial charge in [0.1, 0.15) is 12.0 Å². The number of aromatic nitrogens is 1. The summed E-state index contributed by atoms with van der Waals surface area (Å²) in [6, 6.07) is 3.32. The molecule has 0 saturated heterocycles. The van der Waals surface area contributed by atoms with Gasteiger partial charge in [-0.15, -0.1) is 0 Å². The number of hydrogen-bond donors (Lipinski definition) is 1. The van der Waals surface area contributed by atoms with Crippen molar-refractivity contribution in [2.45, 2.75) is 13.0 Å². The third-order valence-electron chi connectivity index (χ3n) is 2.68. The first-order valence-corrected chi connectivity index (χ1v) is 5.64. The molecule has 0 aliphatic carbocycles. The van der Waals surface area contributed by atoms with Gasteiger partial charge in [-0.05, 0) is 13.5 Å². The van der Waals surface area contributed by atoms with Crippen molar-refractivity contribution in [3.63, 3.8) is 0 Å². The van der Waals surface area contributed by atoms with E-state index in [1.54, 1.807) is 25.3 Å². The van der Waals surface area contributed by atoms with E-state index in [0.29, 0.717) is 17.0 Å². The summed E-state index contributed by atoms with van der Waals surface area (Å²) >= 11 is 0. The van der Waals surface area contributed by atoms with Crippen molar-refractivity contribution in [2.75, 3.05) is 0 Å². The fourth-order valence-electron chi connectivity index (χ4n) is 1.72. The zero-order chi connectivity index (χ0) is 13.4. The molecule has 0 aromatic carbocycles. The standard InChI is InChI=1S/C13H11NO5/c1-7(12-6-17-8(2)19-12)18-13(15)10-5-11-9(14-10)3-4-16-11/h3-7,14H,2H2,1H3. The van der Waals surface area contributed by atoms with Crippen LogP contribution >= 0.6 is 0 Å².